The molecule has 0 aromatic heterocycles. The molecule has 2 aliphatic heterocycles. The van der Waals surface area contributed by atoms with Crippen molar-refractivity contribution in [3.63, 3.8) is 0 Å². The maximum absolute atomic E-state index is 12.9. The number of amides is 3. The molecule has 1 aliphatic carbocycles. The highest BCUT2D eigenvalue weighted by Gasteiger charge is 2.41. The molecule has 1 atom stereocenters. The molecule has 7 heteroatoms. The molecule has 0 radical (unpaired) electrons. The molecule has 148 valence electrons. The van der Waals surface area contributed by atoms with Gasteiger partial charge in [-0.25, -0.2) is 4.79 Å². The molecular weight excluding hydrogens is 360 g/mol. The second kappa shape index (κ2) is 7.37. The topological polar surface area (TPSA) is 95.0 Å². The number of hydrogen-bond donors (Lipinski definition) is 1. The zero-order chi connectivity index (χ0) is 19.8. The van der Waals surface area contributed by atoms with Crippen molar-refractivity contribution in [3.8, 4) is 0 Å². The van der Waals surface area contributed by atoms with Gasteiger partial charge >= 0.3 is 5.97 Å². The Bertz CT molecular complexity index is 843. The Labute approximate surface area is 163 Å². The first-order valence-corrected chi connectivity index (χ1v) is 10.0. The van der Waals surface area contributed by atoms with E-state index in [1.54, 1.807) is 0 Å². The molecule has 1 N–H and O–H groups in total. The average molecular weight is 384 g/mol. The molecule has 7 nitrogen and oxygen atoms in total. The van der Waals surface area contributed by atoms with Crippen LogP contribution >= 0.6 is 0 Å². The maximum Gasteiger partial charge on any atom is 0.326 e. The second-order valence-electron chi connectivity index (χ2n) is 7.88. The van der Waals surface area contributed by atoms with Crippen molar-refractivity contribution in [1.29, 1.82) is 0 Å². The van der Waals surface area contributed by atoms with Crippen LogP contribution in [0.4, 0.5) is 0 Å². The van der Waals surface area contributed by atoms with E-state index in [9.17, 15) is 24.3 Å². The molecule has 4 rings (SSSR count). The van der Waals surface area contributed by atoms with Gasteiger partial charge in [0.2, 0.25) is 0 Å². The Hall–Kier alpha value is -2.70. The monoisotopic (exact) mass is 384 g/mol. The minimum absolute atomic E-state index is 0.0706. The molecule has 1 aromatic rings. The number of imide groups is 1. The number of carboxylic acid groups (broad SMARTS) is 1. The van der Waals surface area contributed by atoms with E-state index in [1.165, 1.54) is 28.0 Å². The van der Waals surface area contributed by atoms with E-state index in [4.69, 9.17) is 0 Å². The van der Waals surface area contributed by atoms with Gasteiger partial charge in [-0.2, -0.15) is 0 Å². The molecule has 28 heavy (non-hydrogen) atoms. The molecule has 3 aliphatic rings. The highest BCUT2D eigenvalue weighted by Crippen LogP contribution is 2.32. The quantitative estimate of drug-likeness (QED) is 0.809. The van der Waals surface area contributed by atoms with Crippen molar-refractivity contribution in [1.82, 2.24) is 9.80 Å². The molecule has 1 saturated heterocycles. The van der Waals surface area contributed by atoms with Crippen LogP contribution in [0.15, 0.2) is 18.2 Å². The summed E-state index contributed by atoms with van der Waals surface area (Å²) in [5.41, 5.74) is 0.851. The maximum atomic E-state index is 12.9. The first kappa shape index (κ1) is 18.7. The number of carbonyl (C=O) groups is 4. The van der Waals surface area contributed by atoms with Gasteiger partial charge in [0.15, 0.2) is 0 Å². The van der Waals surface area contributed by atoms with E-state index in [0.717, 1.165) is 44.9 Å². The Morgan fingerprint density at radius 1 is 0.893 bits per heavy atom. The van der Waals surface area contributed by atoms with E-state index in [2.05, 4.69) is 0 Å². The number of likely N-dealkylation sites (tertiary alicyclic amines) is 1. The first-order valence-electron chi connectivity index (χ1n) is 10.0. The van der Waals surface area contributed by atoms with Gasteiger partial charge in [-0.05, 0) is 50.3 Å². The number of piperidine rings is 1. The molecule has 0 bridgehead atoms. The zero-order valence-corrected chi connectivity index (χ0v) is 15.7. The van der Waals surface area contributed by atoms with Crippen molar-refractivity contribution in [2.24, 2.45) is 0 Å². The predicted octanol–water partition coefficient (Wildman–Crippen LogP) is 2.69. The Morgan fingerprint density at radius 2 is 1.57 bits per heavy atom. The van der Waals surface area contributed by atoms with Crippen LogP contribution in [0.3, 0.4) is 0 Å². The molecule has 0 spiro atoms. The average Bonchev–Trinajstić information content (AvgIpc) is 2.98. The lowest BCUT2D eigenvalue weighted by molar-refractivity contribution is -0.143. The van der Waals surface area contributed by atoms with Gasteiger partial charge < -0.3 is 10.0 Å². The standard InChI is InChI=1S/C21H24N2O5/c24-18(22-11-5-4-8-17(22)21(27)28)13-9-10-15-16(12-13)20(26)23(19(15)25)14-6-2-1-3-7-14/h9-10,12,14,17H,1-8,11H2,(H,27,28). The first-order chi connectivity index (χ1) is 13.5. The number of carboxylic acids is 1. The number of aliphatic carboxylic acids is 1. The number of hydrogen-bond acceptors (Lipinski definition) is 4. The normalized spacial score (nSPS) is 23.1. The number of carbonyl (C=O) groups excluding carboxylic acids is 3. The van der Waals surface area contributed by atoms with Crippen LogP contribution in [0.5, 0.6) is 0 Å². The highest BCUT2D eigenvalue weighted by atomic mass is 16.4. The van der Waals surface area contributed by atoms with Crippen LogP contribution in [-0.4, -0.2) is 57.2 Å². The molecule has 2 heterocycles. The Kier molecular flexibility index (Phi) is 4.91. The number of nitrogens with zero attached hydrogens (tertiary/aromatic N) is 2. The van der Waals surface area contributed by atoms with Crippen LogP contribution in [0, 0.1) is 0 Å². The van der Waals surface area contributed by atoms with Crippen LogP contribution in [-0.2, 0) is 4.79 Å². The largest absolute Gasteiger partial charge is 0.480 e. The minimum Gasteiger partial charge on any atom is -0.480 e. The number of rotatable bonds is 3. The van der Waals surface area contributed by atoms with E-state index >= 15 is 0 Å². The second-order valence-corrected chi connectivity index (χ2v) is 7.88. The molecule has 2 fully saturated rings. The SMILES string of the molecule is O=C(O)C1CCCCN1C(=O)c1ccc2c(c1)C(=O)N(C1CCCCC1)C2=O. The van der Waals surface area contributed by atoms with Gasteiger partial charge in [0, 0.05) is 18.2 Å². The third-order valence-corrected chi connectivity index (χ3v) is 6.15. The summed E-state index contributed by atoms with van der Waals surface area (Å²) in [5.74, 6) is -2.03. The highest BCUT2D eigenvalue weighted by molar-refractivity contribution is 6.22. The smallest absolute Gasteiger partial charge is 0.326 e. The fourth-order valence-corrected chi connectivity index (χ4v) is 4.66. The zero-order valence-electron chi connectivity index (χ0n) is 15.7. The molecular formula is C21H24N2O5. The summed E-state index contributed by atoms with van der Waals surface area (Å²) >= 11 is 0. The molecule has 1 aromatic carbocycles. The summed E-state index contributed by atoms with van der Waals surface area (Å²) in [6, 6.07) is 3.62. The summed E-state index contributed by atoms with van der Waals surface area (Å²) in [6.45, 7) is 0.383. The van der Waals surface area contributed by atoms with Gasteiger partial charge in [-0.1, -0.05) is 19.3 Å². The van der Waals surface area contributed by atoms with Crippen molar-refractivity contribution in [2.45, 2.75) is 63.5 Å². The summed E-state index contributed by atoms with van der Waals surface area (Å²) in [6.07, 6.45) is 6.75. The summed E-state index contributed by atoms with van der Waals surface area (Å²) in [4.78, 5) is 52.8. The van der Waals surface area contributed by atoms with Gasteiger partial charge in [-0.15, -0.1) is 0 Å². The van der Waals surface area contributed by atoms with Gasteiger partial charge in [-0.3, -0.25) is 19.3 Å². The molecule has 1 saturated carbocycles. The van der Waals surface area contributed by atoms with E-state index in [-0.39, 0.29) is 29.0 Å². The fraction of sp³-hybridized carbons (Fsp3) is 0.524. The van der Waals surface area contributed by atoms with Crippen LogP contribution in [0.1, 0.15) is 82.4 Å². The van der Waals surface area contributed by atoms with Crippen molar-refractivity contribution < 1.29 is 24.3 Å². The third-order valence-electron chi connectivity index (χ3n) is 6.15. The Morgan fingerprint density at radius 3 is 2.29 bits per heavy atom. The lowest BCUT2D eigenvalue weighted by atomic mass is 9.94. The minimum atomic E-state index is -1.01. The lowest BCUT2D eigenvalue weighted by Gasteiger charge is -2.33. The summed E-state index contributed by atoms with van der Waals surface area (Å²) < 4.78 is 0. The van der Waals surface area contributed by atoms with Crippen LogP contribution in [0.2, 0.25) is 0 Å². The number of benzene rings is 1. The predicted molar refractivity (Wildman–Crippen MR) is 100 cm³/mol. The summed E-state index contributed by atoms with van der Waals surface area (Å²) in [5, 5.41) is 9.42. The van der Waals surface area contributed by atoms with Gasteiger partial charge in [0.05, 0.1) is 11.1 Å². The Balaban J connectivity index is 1.61. The van der Waals surface area contributed by atoms with E-state index in [0.29, 0.717) is 18.5 Å². The molecule has 3 amide bonds. The fourth-order valence-electron chi connectivity index (χ4n) is 4.66. The van der Waals surface area contributed by atoms with Crippen molar-refractivity contribution in [2.75, 3.05) is 6.54 Å². The van der Waals surface area contributed by atoms with Crippen molar-refractivity contribution >= 4 is 23.7 Å². The summed E-state index contributed by atoms with van der Waals surface area (Å²) in [7, 11) is 0. The van der Waals surface area contributed by atoms with Crippen LogP contribution < -0.4 is 0 Å². The van der Waals surface area contributed by atoms with E-state index < -0.39 is 17.9 Å². The van der Waals surface area contributed by atoms with Crippen LogP contribution in [0.25, 0.3) is 0 Å². The van der Waals surface area contributed by atoms with Crippen molar-refractivity contribution in [3.05, 3.63) is 34.9 Å². The van der Waals surface area contributed by atoms with Gasteiger partial charge in [0.25, 0.3) is 17.7 Å². The lowest BCUT2D eigenvalue weighted by Crippen LogP contribution is -2.48. The number of fused-ring (bicyclic) bond motifs is 1. The molecule has 1 unspecified atom stereocenters. The third kappa shape index (κ3) is 3.08. The van der Waals surface area contributed by atoms with Gasteiger partial charge in [0.1, 0.15) is 6.04 Å². The van der Waals surface area contributed by atoms with E-state index in [1.807, 2.05) is 0 Å².